The number of unbranched alkanes of at least 4 members (excludes halogenated alkanes) is 1. The van der Waals surface area contributed by atoms with Crippen LogP contribution in [0, 0.1) is 17.3 Å². The third kappa shape index (κ3) is 9.61. The number of nitrogens with zero attached hydrogens (tertiary/aromatic N) is 4. The number of alkyl carbamates (subject to hydrolysis) is 1. The van der Waals surface area contributed by atoms with E-state index >= 15 is 0 Å². The zero-order valence-corrected chi connectivity index (χ0v) is 31.7. The first-order valence-corrected chi connectivity index (χ1v) is 17.9. The van der Waals surface area contributed by atoms with E-state index in [1.807, 2.05) is 40.7 Å². The number of fused-ring (bicyclic) bond motifs is 1. The largest absolute Gasteiger partial charge is 0.497 e. The van der Waals surface area contributed by atoms with Gasteiger partial charge in [-0.25, -0.2) is 19.6 Å². The molecule has 280 valence electrons. The summed E-state index contributed by atoms with van der Waals surface area (Å²) < 4.78 is 23.2. The van der Waals surface area contributed by atoms with Crippen LogP contribution < -0.4 is 14.8 Å². The van der Waals surface area contributed by atoms with Crippen molar-refractivity contribution in [1.82, 2.24) is 25.1 Å². The second-order valence-corrected chi connectivity index (χ2v) is 15.2. The van der Waals surface area contributed by atoms with Crippen LogP contribution in [0.15, 0.2) is 30.9 Å². The number of hydrogen-bond donors (Lipinski definition) is 1. The van der Waals surface area contributed by atoms with Crippen molar-refractivity contribution in [3.05, 3.63) is 36.0 Å². The van der Waals surface area contributed by atoms with Crippen molar-refractivity contribution in [3.63, 3.8) is 0 Å². The van der Waals surface area contributed by atoms with Crippen LogP contribution in [0.2, 0.25) is 5.15 Å². The molecule has 6 unspecified atom stereocenters. The summed E-state index contributed by atoms with van der Waals surface area (Å²) in [5.74, 6) is -1.01. The first kappa shape index (κ1) is 39.7. The molecule has 2 aliphatic heterocycles. The minimum atomic E-state index is -1.09. The normalized spacial score (nSPS) is 22.5. The number of nitrogens with one attached hydrogen (secondary N) is 1. The molecule has 51 heavy (non-hydrogen) atoms. The molecule has 14 heteroatoms. The van der Waals surface area contributed by atoms with Crippen molar-refractivity contribution in [2.24, 2.45) is 17.3 Å². The van der Waals surface area contributed by atoms with Crippen LogP contribution in [0.1, 0.15) is 74.1 Å². The highest BCUT2D eigenvalue weighted by atomic mass is 35.5. The number of carbonyl (C=O) groups excluding carboxylic acids is 4. The lowest BCUT2D eigenvalue weighted by Crippen LogP contribution is -2.58. The molecule has 2 aromatic rings. The van der Waals surface area contributed by atoms with Crippen molar-refractivity contribution in [2.45, 2.75) is 104 Å². The van der Waals surface area contributed by atoms with Gasteiger partial charge in [0, 0.05) is 31.9 Å². The van der Waals surface area contributed by atoms with Gasteiger partial charge in [0.15, 0.2) is 5.15 Å². The molecule has 1 N–H and O–H groups in total. The van der Waals surface area contributed by atoms with Crippen molar-refractivity contribution in [3.8, 4) is 11.6 Å². The second kappa shape index (κ2) is 16.9. The summed E-state index contributed by atoms with van der Waals surface area (Å²) in [4.78, 5) is 66.1. The lowest BCUT2D eigenvalue weighted by atomic mass is 9.85. The van der Waals surface area contributed by atoms with Gasteiger partial charge in [0.05, 0.1) is 37.3 Å². The topological polar surface area (TPSA) is 149 Å². The predicted octanol–water partition coefficient (Wildman–Crippen LogP) is 5.57. The molecule has 3 heterocycles. The molecule has 0 aliphatic carbocycles. The van der Waals surface area contributed by atoms with E-state index in [9.17, 15) is 19.2 Å². The Bertz CT molecular complexity index is 1600. The fraction of sp³-hybridized carbons (Fsp3) is 0.622. The van der Waals surface area contributed by atoms with Crippen LogP contribution in [-0.2, 0) is 23.9 Å². The third-order valence-electron chi connectivity index (χ3n) is 9.37. The second-order valence-electron chi connectivity index (χ2n) is 14.8. The van der Waals surface area contributed by atoms with Crippen molar-refractivity contribution >= 4 is 46.5 Å². The van der Waals surface area contributed by atoms with Gasteiger partial charge in [0.2, 0.25) is 11.8 Å². The number of rotatable bonds is 13. The molecule has 3 amide bonds. The summed E-state index contributed by atoms with van der Waals surface area (Å²) in [5, 5.41) is 2.83. The fourth-order valence-electron chi connectivity index (χ4n) is 6.62. The number of benzene rings is 1. The highest BCUT2D eigenvalue weighted by Gasteiger charge is 2.51. The number of amides is 3. The van der Waals surface area contributed by atoms with E-state index in [0.29, 0.717) is 36.2 Å². The summed E-state index contributed by atoms with van der Waals surface area (Å²) >= 11 is 6.51. The predicted molar refractivity (Wildman–Crippen MR) is 192 cm³/mol. The number of methoxy groups -OCH3 is 1. The molecule has 13 nitrogen and oxygen atoms in total. The van der Waals surface area contributed by atoms with Crippen LogP contribution in [0.3, 0.4) is 0 Å². The summed E-state index contributed by atoms with van der Waals surface area (Å²) in [6.07, 6.45) is 2.48. The van der Waals surface area contributed by atoms with E-state index in [0.717, 1.165) is 12.8 Å². The van der Waals surface area contributed by atoms with Gasteiger partial charge in [-0.05, 0) is 42.7 Å². The zero-order valence-electron chi connectivity index (χ0n) is 30.9. The van der Waals surface area contributed by atoms with Gasteiger partial charge >= 0.3 is 12.1 Å². The van der Waals surface area contributed by atoms with E-state index < -0.39 is 53.6 Å². The standard InChI is InChI=1S/C37H52ClN5O8/c1-10-11-12-13-27-28(16-17-42(27)23(5)44)51-36(47)41-31(37(6,7)8)34(45)43-19-29(22(4)30(43)35(46)49-20-21(2)3)50-33-32(38)39-25-15-14-24(48-9)18-26(25)40-33/h10,14-15,18,21-22,27-31H,1,11-13,16-17,19-20H2,2-9H3,(H,41,47). The van der Waals surface area contributed by atoms with Crippen molar-refractivity contribution < 1.29 is 38.1 Å². The molecule has 2 aliphatic rings. The van der Waals surface area contributed by atoms with Gasteiger partial charge < -0.3 is 34.1 Å². The SMILES string of the molecule is C=CCCCC1C(OC(=O)NC(C(=O)N2CC(Oc3nc4cc(OC)ccc4nc3Cl)C(C)C2C(=O)OCC(C)C)C(C)(C)C)CCN1C(C)=O. The van der Waals surface area contributed by atoms with Crippen LogP contribution >= 0.6 is 11.6 Å². The highest BCUT2D eigenvalue weighted by molar-refractivity contribution is 6.31. The van der Waals surface area contributed by atoms with E-state index in [4.69, 9.17) is 30.5 Å². The molecule has 6 atom stereocenters. The van der Waals surface area contributed by atoms with Gasteiger partial charge in [-0.2, -0.15) is 0 Å². The third-order valence-corrected chi connectivity index (χ3v) is 9.62. The Labute approximate surface area is 305 Å². The molecule has 4 rings (SSSR count). The Kier molecular flexibility index (Phi) is 13.2. The lowest BCUT2D eigenvalue weighted by Gasteiger charge is -2.35. The van der Waals surface area contributed by atoms with E-state index in [2.05, 4.69) is 21.9 Å². The van der Waals surface area contributed by atoms with E-state index in [1.165, 1.54) is 11.8 Å². The lowest BCUT2D eigenvalue weighted by molar-refractivity contribution is -0.156. The number of carbonyl (C=O) groups is 4. The maximum atomic E-state index is 14.5. The maximum Gasteiger partial charge on any atom is 0.408 e. The smallest absolute Gasteiger partial charge is 0.408 e. The van der Waals surface area contributed by atoms with Crippen LogP contribution in [-0.4, -0.2) is 101 Å². The average molecular weight is 730 g/mol. The maximum absolute atomic E-state index is 14.5. The molecule has 0 saturated carbocycles. The molecular weight excluding hydrogens is 678 g/mol. The first-order valence-electron chi connectivity index (χ1n) is 17.6. The summed E-state index contributed by atoms with van der Waals surface area (Å²) in [6.45, 7) is 17.0. The van der Waals surface area contributed by atoms with E-state index in [-0.39, 0.29) is 42.1 Å². The summed E-state index contributed by atoms with van der Waals surface area (Å²) in [5.41, 5.74) is 0.244. The molecule has 2 fully saturated rings. The molecule has 1 aromatic carbocycles. The molecular formula is C37H52ClN5O8. The van der Waals surface area contributed by atoms with Crippen LogP contribution in [0.25, 0.3) is 11.0 Å². The molecule has 0 bridgehead atoms. The number of ether oxygens (including phenoxy) is 4. The van der Waals surface area contributed by atoms with E-state index in [1.54, 1.807) is 37.1 Å². The molecule has 0 radical (unpaired) electrons. The fourth-order valence-corrected chi connectivity index (χ4v) is 6.80. The van der Waals surface area contributed by atoms with Crippen molar-refractivity contribution in [1.29, 1.82) is 0 Å². The molecule has 1 aromatic heterocycles. The number of halogens is 1. The molecule has 0 spiro atoms. The van der Waals surface area contributed by atoms with Gasteiger partial charge in [0.1, 0.15) is 30.0 Å². The number of allylic oxidation sites excluding steroid dienone is 1. The Balaban J connectivity index is 1.58. The van der Waals surface area contributed by atoms with Crippen molar-refractivity contribution in [2.75, 3.05) is 26.8 Å². The Morgan fingerprint density at radius 3 is 2.47 bits per heavy atom. The number of esters is 1. The van der Waals surface area contributed by atoms with Gasteiger partial charge in [-0.1, -0.05) is 59.2 Å². The van der Waals surface area contributed by atoms with Crippen LogP contribution in [0.5, 0.6) is 11.6 Å². The quantitative estimate of drug-likeness (QED) is 0.158. The molecule has 2 saturated heterocycles. The van der Waals surface area contributed by atoms with Crippen LogP contribution in [0.4, 0.5) is 4.79 Å². The summed E-state index contributed by atoms with van der Waals surface area (Å²) in [6, 6.07) is 2.80. The Morgan fingerprint density at radius 2 is 1.84 bits per heavy atom. The van der Waals surface area contributed by atoms with Gasteiger partial charge in [0.25, 0.3) is 5.88 Å². The van der Waals surface area contributed by atoms with Gasteiger partial charge in [-0.15, -0.1) is 6.58 Å². The summed E-state index contributed by atoms with van der Waals surface area (Å²) in [7, 11) is 1.55. The Morgan fingerprint density at radius 1 is 1.12 bits per heavy atom. The number of aromatic nitrogens is 2. The first-order chi connectivity index (χ1) is 24.0. The minimum Gasteiger partial charge on any atom is -0.497 e. The number of hydrogen-bond acceptors (Lipinski definition) is 10. The Hall–Kier alpha value is -4.13. The monoisotopic (exact) mass is 729 g/mol. The average Bonchev–Trinajstić information content (AvgIpc) is 3.61. The zero-order chi connectivity index (χ0) is 37.6. The van der Waals surface area contributed by atoms with Gasteiger partial charge in [-0.3, -0.25) is 9.59 Å². The highest BCUT2D eigenvalue weighted by Crippen LogP contribution is 2.35. The number of likely N-dealkylation sites (tertiary alicyclic amines) is 2. The minimum absolute atomic E-state index is 0.0134.